The molecule has 3 heterocycles. The highest BCUT2D eigenvalue weighted by Gasteiger charge is 2.19. The molecule has 3 nitrogen and oxygen atoms in total. The second-order valence-corrected chi connectivity index (χ2v) is 15.6. The zero-order valence-electron chi connectivity index (χ0n) is 28.9. The molecule has 0 spiro atoms. The summed E-state index contributed by atoms with van der Waals surface area (Å²) in [6.07, 6.45) is 0. The van der Waals surface area contributed by atoms with Gasteiger partial charge in [0.15, 0.2) is 0 Å². The van der Waals surface area contributed by atoms with Gasteiger partial charge in [0.2, 0.25) is 0 Å². The van der Waals surface area contributed by atoms with Crippen LogP contribution in [-0.4, -0.2) is 4.98 Å². The molecule has 0 atom stereocenters. The number of aromatic nitrogens is 1. The molecule has 0 amide bonds. The van der Waals surface area contributed by atoms with Crippen molar-refractivity contribution in [2.75, 3.05) is 4.90 Å². The summed E-state index contributed by atoms with van der Waals surface area (Å²) in [4.78, 5) is 7.56. The predicted molar refractivity (Wildman–Crippen MR) is 231 cm³/mol. The molecule has 0 fully saturated rings. The van der Waals surface area contributed by atoms with Gasteiger partial charge < -0.3 is 9.32 Å². The minimum Gasteiger partial charge on any atom is -0.456 e. The lowest BCUT2D eigenvalue weighted by Gasteiger charge is -2.26. The van der Waals surface area contributed by atoms with Crippen LogP contribution in [0.1, 0.15) is 0 Å². The van der Waals surface area contributed by atoms with Crippen molar-refractivity contribution < 1.29 is 4.42 Å². The topological polar surface area (TPSA) is 29.3 Å². The second kappa shape index (κ2) is 12.6. The molecule has 0 radical (unpaired) electrons. The molecule has 0 saturated carbocycles. The van der Waals surface area contributed by atoms with Crippen molar-refractivity contribution in [3.05, 3.63) is 182 Å². The van der Waals surface area contributed by atoms with Crippen molar-refractivity contribution in [3.8, 4) is 32.8 Å². The quantitative estimate of drug-likeness (QED) is 0.171. The molecular weight excluding hydrogens is 697 g/mol. The summed E-state index contributed by atoms with van der Waals surface area (Å²) in [5.74, 6) is 0. The number of benzene rings is 8. The number of nitrogens with zero attached hydrogens (tertiary/aromatic N) is 2. The lowest BCUT2D eigenvalue weighted by molar-refractivity contribution is 0.669. The van der Waals surface area contributed by atoms with E-state index in [9.17, 15) is 0 Å². The van der Waals surface area contributed by atoms with Gasteiger partial charge in [-0.2, -0.15) is 0 Å². The highest BCUT2D eigenvalue weighted by Crippen LogP contribution is 2.45. The van der Waals surface area contributed by atoms with Crippen LogP contribution in [0, 0.1) is 0 Å². The average molecular weight is 727 g/mol. The maximum atomic E-state index is 6.23. The van der Waals surface area contributed by atoms with Crippen LogP contribution in [0.3, 0.4) is 0 Å². The molecule has 254 valence electrons. The van der Waals surface area contributed by atoms with E-state index in [1.165, 1.54) is 41.6 Å². The van der Waals surface area contributed by atoms with Gasteiger partial charge >= 0.3 is 0 Å². The van der Waals surface area contributed by atoms with Gasteiger partial charge in [0, 0.05) is 53.6 Å². The molecule has 11 rings (SSSR count). The van der Waals surface area contributed by atoms with Gasteiger partial charge in [-0.1, -0.05) is 121 Å². The minimum atomic E-state index is 0.903. The molecule has 5 heteroatoms. The Kier molecular flexibility index (Phi) is 7.22. The molecule has 3 aromatic heterocycles. The number of hydrogen-bond acceptors (Lipinski definition) is 5. The third kappa shape index (κ3) is 5.12. The van der Waals surface area contributed by atoms with E-state index in [1.54, 1.807) is 11.3 Å². The highest BCUT2D eigenvalue weighted by atomic mass is 32.1. The van der Waals surface area contributed by atoms with E-state index < -0.39 is 0 Å². The Morgan fingerprint density at radius 1 is 0.407 bits per heavy atom. The van der Waals surface area contributed by atoms with Crippen molar-refractivity contribution >= 4 is 92.1 Å². The van der Waals surface area contributed by atoms with Crippen molar-refractivity contribution in [1.29, 1.82) is 0 Å². The number of anilines is 3. The van der Waals surface area contributed by atoms with E-state index in [1.807, 2.05) is 23.5 Å². The Bertz CT molecular complexity index is 3140. The van der Waals surface area contributed by atoms with Crippen LogP contribution in [0.25, 0.3) is 85.2 Å². The molecular formula is C49H30N2OS2. The van der Waals surface area contributed by atoms with Crippen molar-refractivity contribution in [3.63, 3.8) is 0 Å². The number of hydrogen-bond donors (Lipinski definition) is 0. The first-order valence-corrected chi connectivity index (χ1v) is 19.7. The molecule has 0 bridgehead atoms. The molecule has 54 heavy (non-hydrogen) atoms. The Morgan fingerprint density at radius 2 is 1.04 bits per heavy atom. The number of thiazole rings is 1. The van der Waals surface area contributed by atoms with Crippen molar-refractivity contribution in [2.24, 2.45) is 0 Å². The van der Waals surface area contributed by atoms with E-state index in [-0.39, 0.29) is 0 Å². The van der Waals surface area contributed by atoms with Crippen LogP contribution >= 0.6 is 22.7 Å². The van der Waals surface area contributed by atoms with Crippen LogP contribution in [0.2, 0.25) is 0 Å². The van der Waals surface area contributed by atoms with Gasteiger partial charge in [0.1, 0.15) is 16.2 Å². The van der Waals surface area contributed by atoms with Crippen LogP contribution in [0.4, 0.5) is 17.1 Å². The van der Waals surface area contributed by atoms with Gasteiger partial charge in [-0.05, 0) is 82.9 Å². The van der Waals surface area contributed by atoms with E-state index in [0.29, 0.717) is 0 Å². The number of para-hydroxylation sites is 1. The molecule has 0 aliphatic heterocycles. The van der Waals surface area contributed by atoms with E-state index in [2.05, 4.69) is 175 Å². The molecule has 11 aromatic rings. The van der Waals surface area contributed by atoms with E-state index >= 15 is 0 Å². The third-order valence-corrected chi connectivity index (χ3v) is 12.5. The molecule has 8 aromatic carbocycles. The number of rotatable bonds is 6. The molecule has 0 aliphatic carbocycles. The Morgan fingerprint density at radius 3 is 1.81 bits per heavy atom. The largest absolute Gasteiger partial charge is 0.456 e. The fourth-order valence-electron chi connectivity index (χ4n) is 7.77. The van der Waals surface area contributed by atoms with Gasteiger partial charge in [-0.25, -0.2) is 4.98 Å². The number of furan rings is 1. The van der Waals surface area contributed by atoms with Gasteiger partial charge in [-0.3, -0.25) is 0 Å². The Balaban J connectivity index is 1.04. The van der Waals surface area contributed by atoms with Gasteiger partial charge in [0.25, 0.3) is 0 Å². The summed E-state index contributed by atoms with van der Waals surface area (Å²) in [6.45, 7) is 0. The van der Waals surface area contributed by atoms with Gasteiger partial charge in [0.05, 0.1) is 10.2 Å². The summed E-state index contributed by atoms with van der Waals surface area (Å²) >= 11 is 3.60. The van der Waals surface area contributed by atoms with E-state index in [0.717, 1.165) is 60.7 Å². The zero-order valence-corrected chi connectivity index (χ0v) is 30.6. The van der Waals surface area contributed by atoms with Crippen LogP contribution in [0.5, 0.6) is 0 Å². The second-order valence-electron chi connectivity index (χ2n) is 13.5. The molecule has 0 N–H and O–H groups in total. The first kappa shape index (κ1) is 31.0. The monoisotopic (exact) mass is 726 g/mol. The number of fused-ring (bicyclic) bond motifs is 8. The first-order chi connectivity index (χ1) is 26.7. The lowest BCUT2D eigenvalue weighted by Crippen LogP contribution is -2.09. The summed E-state index contributed by atoms with van der Waals surface area (Å²) in [5, 5.41) is 5.82. The maximum Gasteiger partial charge on any atom is 0.136 e. The first-order valence-electron chi connectivity index (χ1n) is 18.0. The highest BCUT2D eigenvalue weighted by molar-refractivity contribution is 7.26. The average Bonchev–Trinajstić information content (AvgIpc) is 3.95. The fourth-order valence-corrected chi connectivity index (χ4v) is 9.89. The maximum absolute atomic E-state index is 6.23. The van der Waals surface area contributed by atoms with Crippen molar-refractivity contribution in [1.82, 2.24) is 4.98 Å². The van der Waals surface area contributed by atoms with Gasteiger partial charge in [-0.15, -0.1) is 22.7 Å². The summed E-state index contributed by atoms with van der Waals surface area (Å²) < 4.78 is 9.93. The summed E-state index contributed by atoms with van der Waals surface area (Å²) in [7, 11) is 0. The van der Waals surface area contributed by atoms with E-state index in [4.69, 9.17) is 9.40 Å². The summed E-state index contributed by atoms with van der Waals surface area (Å²) in [5.41, 5.74) is 12.1. The molecule has 0 aliphatic rings. The lowest BCUT2D eigenvalue weighted by atomic mass is 9.99. The zero-order chi connectivity index (χ0) is 35.6. The predicted octanol–water partition coefficient (Wildman–Crippen LogP) is 15.0. The van der Waals surface area contributed by atoms with Crippen LogP contribution < -0.4 is 4.90 Å². The van der Waals surface area contributed by atoms with Crippen LogP contribution in [-0.2, 0) is 0 Å². The standard InChI is InChI=1S/C49H30N2OS2/c1-3-10-31(11-4-1)32-18-22-35(23-19-32)51(36-24-20-33(21-25-36)38-15-9-17-42-46(38)39-14-7-8-16-41(39)52-42)37-26-27-40-45(30-37)53-43-28-29-44-48(47(40)43)50-49(54-44)34-12-5-2-6-13-34/h1-30H. The normalized spacial score (nSPS) is 11.7. The Labute approximate surface area is 319 Å². The SMILES string of the molecule is c1ccc(-c2ccc(N(c3ccc(-c4cccc5oc6ccccc6c45)cc3)c3ccc4c(c3)sc3ccc5sc(-c6ccccc6)nc5c34)cc2)cc1. The molecule has 0 saturated heterocycles. The number of thiophene rings is 1. The summed E-state index contributed by atoms with van der Waals surface area (Å²) in [6, 6.07) is 64.9. The minimum absolute atomic E-state index is 0.903. The molecule has 0 unspecified atom stereocenters. The smallest absolute Gasteiger partial charge is 0.136 e. The fraction of sp³-hybridized carbons (Fsp3) is 0. The van der Waals surface area contributed by atoms with Crippen LogP contribution in [0.15, 0.2) is 186 Å². The Hall–Kier alpha value is -6.53. The third-order valence-electron chi connectivity index (χ3n) is 10.3. The van der Waals surface area contributed by atoms with Crippen molar-refractivity contribution in [2.45, 2.75) is 0 Å².